The van der Waals surface area contributed by atoms with Gasteiger partial charge in [0.1, 0.15) is 11.2 Å². The molecule has 1 amide bonds. The van der Waals surface area contributed by atoms with Crippen LogP contribution in [-0.4, -0.2) is 51.6 Å². The number of primary amides is 1. The normalized spacial score (nSPS) is 23.8. The third-order valence-corrected chi connectivity index (χ3v) is 6.22. The number of nitrogens with two attached hydrogens (primary N) is 2. The van der Waals surface area contributed by atoms with E-state index >= 15 is 0 Å². The number of rotatable bonds is 7. The van der Waals surface area contributed by atoms with Crippen LogP contribution in [0, 0.1) is 17.2 Å². The first-order valence-corrected chi connectivity index (χ1v) is 11.4. The molecule has 0 radical (unpaired) electrons. The fourth-order valence-corrected chi connectivity index (χ4v) is 3.82. The van der Waals surface area contributed by atoms with E-state index in [4.69, 9.17) is 25.7 Å². The molecular weight excluding hydrogens is 471 g/mol. The molecule has 2 aromatic heterocycles. The number of esters is 1. The van der Waals surface area contributed by atoms with Crippen molar-refractivity contribution < 1.29 is 28.2 Å². The maximum Gasteiger partial charge on any atom is 0.316 e. The molecule has 1 aliphatic heterocycles. The van der Waals surface area contributed by atoms with Gasteiger partial charge >= 0.3 is 11.8 Å². The molecule has 3 aromatic rings. The van der Waals surface area contributed by atoms with Crippen LogP contribution in [0.5, 0.6) is 0 Å². The van der Waals surface area contributed by atoms with Gasteiger partial charge in [0.05, 0.1) is 36.9 Å². The number of nitrogens with zero attached hydrogens (tertiary/aromatic N) is 3. The standard InChI is InChI=1S/C24H25FN6O5/c1-23(21(33)34-10-13-2-3-13)11-35-24(19(26)32,36-12-23)20-30-17(14-4-6-15(25)7-5-14)18(31-20)16-8-9-28-22(27)29-16/h4-9,13H,2-3,10-12H2,1H3,(H2,26,32)(H,30,31)(H2,27,28,29). The van der Waals surface area contributed by atoms with Crippen molar-refractivity contribution in [3.8, 4) is 22.6 Å². The van der Waals surface area contributed by atoms with E-state index in [0.717, 1.165) is 12.8 Å². The largest absolute Gasteiger partial charge is 0.465 e. The number of amides is 1. The second-order valence-corrected chi connectivity index (χ2v) is 9.28. The number of hydrogen-bond acceptors (Lipinski definition) is 9. The number of hydrogen-bond donors (Lipinski definition) is 3. The van der Waals surface area contributed by atoms with Gasteiger partial charge in [-0.05, 0) is 56.0 Å². The van der Waals surface area contributed by atoms with Gasteiger partial charge in [0.15, 0.2) is 5.82 Å². The summed E-state index contributed by atoms with van der Waals surface area (Å²) in [7, 11) is 0. The summed E-state index contributed by atoms with van der Waals surface area (Å²) in [6, 6.07) is 7.19. The Morgan fingerprint density at radius 2 is 1.86 bits per heavy atom. The lowest BCUT2D eigenvalue weighted by atomic mass is 9.91. The predicted molar refractivity (Wildman–Crippen MR) is 124 cm³/mol. The lowest BCUT2D eigenvalue weighted by Crippen LogP contribution is -2.56. The number of imidazole rings is 1. The Labute approximate surface area is 205 Å². The third kappa shape index (κ3) is 4.40. The van der Waals surface area contributed by atoms with Crippen LogP contribution in [0.4, 0.5) is 10.3 Å². The molecule has 5 rings (SSSR count). The first kappa shape index (κ1) is 23.8. The summed E-state index contributed by atoms with van der Waals surface area (Å²) in [4.78, 5) is 41.0. The quantitative estimate of drug-likeness (QED) is 0.414. The second kappa shape index (κ2) is 8.95. The molecule has 2 aliphatic rings. The molecular formula is C24H25FN6O5. The highest BCUT2D eigenvalue weighted by Gasteiger charge is 2.54. The van der Waals surface area contributed by atoms with E-state index in [2.05, 4.69) is 19.9 Å². The van der Waals surface area contributed by atoms with Gasteiger partial charge in [0, 0.05) is 11.8 Å². The molecule has 2 fully saturated rings. The smallest absolute Gasteiger partial charge is 0.316 e. The van der Waals surface area contributed by atoms with Crippen molar-refractivity contribution in [1.82, 2.24) is 19.9 Å². The van der Waals surface area contributed by atoms with Crippen LogP contribution < -0.4 is 11.5 Å². The number of aromatic nitrogens is 4. The topological polar surface area (TPSA) is 168 Å². The molecule has 0 bridgehead atoms. The van der Waals surface area contributed by atoms with Crippen molar-refractivity contribution >= 4 is 17.8 Å². The summed E-state index contributed by atoms with van der Waals surface area (Å²) in [6.45, 7) is 1.60. The Bertz CT molecular complexity index is 1300. The molecule has 188 valence electrons. The number of nitrogen functional groups attached to an aromatic ring is 1. The van der Waals surface area contributed by atoms with Gasteiger partial charge in [-0.3, -0.25) is 9.59 Å². The van der Waals surface area contributed by atoms with E-state index in [9.17, 15) is 14.0 Å². The summed E-state index contributed by atoms with van der Waals surface area (Å²) < 4.78 is 30.7. The zero-order valence-electron chi connectivity index (χ0n) is 19.5. The first-order valence-electron chi connectivity index (χ1n) is 11.4. The first-order chi connectivity index (χ1) is 17.2. The molecule has 1 aliphatic carbocycles. The maximum absolute atomic E-state index is 13.6. The fourth-order valence-electron chi connectivity index (χ4n) is 3.82. The number of ether oxygens (including phenoxy) is 3. The molecule has 0 spiro atoms. The predicted octanol–water partition coefficient (Wildman–Crippen LogP) is 1.90. The van der Waals surface area contributed by atoms with Crippen molar-refractivity contribution in [3.63, 3.8) is 0 Å². The Balaban J connectivity index is 1.50. The lowest BCUT2D eigenvalue weighted by Gasteiger charge is -2.40. The highest BCUT2D eigenvalue weighted by atomic mass is 19.1. The van der Waals surface area contributed by atoms with Gasteiger partial charge in [-0.15, -0.1) is 0 Å². The number of carbonyl (C=O) groups is 2. The Morgan fingerprint density at radius 3 is 2.47 bits per heavy atom. The van der Waals surface area contributed by atoms with Gasteiger partial charge in [-0.2, -0.15) is 0 Å². The third-order valence-electron chi connectivity index (χ3n) is 6.22. The number of carbonyl (C=O) groups excluding carboxylic acids is 2. The summed E-state index contributed by atoms with van der Waals surface area (Å²) in [5.41, 5.74) is 11.9. The zero-order chi connectivity index (χ0) is 25.5. The summed E-state index contributed by atoms with van der Waals surface area (Å²) in [5.74, 6) is -3.63. The van der Waals surface area contributed by atoms with E-state index in [1.165, 1.54) is 30.5 Å². The minimum atomic E-state index is -2.11. The monoisotopic (exact) mass is 496 g/mol. The zero-order valence-corrected chi connectivity index (χ0v) is 19.5. The average Bonchev–Trinajstić information content (AvgIpc) is 3.59. The Kier molecular flexibility index (Phi) is 5.92. The van der Waals surface area contributed by atoms with Gasteiger partial charge in [-0.25, -0.2) is 19.3 Å². The van der Waals surface area contributed by atoms with Crippen LogP contribution in [0.15, 0.2) is 36.5 Å². The number of H-pyrrole nitrogens is 1. The number of nitrogens with one attached hydrogen (secondary N) is 1. The highest BCUT2D eigenvalue weighted by molar-refractivity contribution is 5.85. The SMILES string of the molecule is CC1(C(=O)OCC2CC2)COC(C(N)=O)(c2nc(-c3ccc(F)cc3)c(-c3ccnc(N)n3)[nH]2)OC1. The Hall–Kier alpha value is -3.90. The average molecular weight is 496 g/mol. The maximum atomic E-state index is 13.6. The van der Waals surface area contributed by atoms with E-state index in [1.54, 1.807) is 13.0 Å². The van der Waals surface area contributed by atoms with Crippen molar-refractivity contribution in [2.45, 2.75) is 25.6 Å². The molecule has 36 heavy (non-hydrogen) atoms. The van der Waals surface area contributed by atoms with Crippen LogP contribution in [0.25, 0.3) is 22.6 Å². The summed E-state index contributed by atoms with van der Waals surface area (Å²) in [6.07, 6.45) is 3.54. The van der Waals surface area contributed by atoms with Crippen LogP contribution in [0.3, 0.4) is 0 Å². The highest BCUT2D eigenvalue weighted by Crippen LogP contribution is 2.40. The second-order valence-electron chi connectivity index (χ2n) is 9.28. The molecule has 1 aromatic carbocycles. The molecule has 5 N–H and O–H groups in total. The minimum absolute atomic E-state index is 0.0176. The van der Waals surface area contributed by atoms with Crippen LogP contribution in [0.1, 0.15) is 25.6 Å². The van der Waals surface area contributed by atoms with Crippen molar-refractivity contribution in [1.29, 1.82) is 0 Å². The fraction of sp³-hybridized carbons (Fsp3) is 0.375. The van der Waals surface area contributed by atoms with Gasteiger partial charge in [-0.1, -0.05) is 0 Å². The Morgan fingerprint density at radius 1 is 1.17 bits per heavy atom. The van der Waals surface area contributed by atoms with Gasteiger partial charge in [0.2, 0.25) is 5.95 Å². The lowest BCUT2D eigenvalue weighted by molar-refractivity contribution is -0.293. The van der Waals surface area contributed by atoms with Crippen molar-refractivity contribution in [2.24, 2.45) is 17.1 Å². The molecule has 0 unspecified atom stereocenters. The van der Waals surface area contributed by atoms with E-state index in [1.807, 2.05) is 0 Å². The molecule has 1 saturated heterocycles. The van der Waals surface area contributed by atoms with Crippen LogP contribution in [0.2, 0.25) is 0 Å². The number of benzene rings is 1. The number of aromatic amines is 1. The van der Waals surface area contributed by atoms with Crippen LogP contribution in [-0.2, 0) is 29.6 Å². The molecule has 3 heterocycles. The molecule has 11 nitrogen and oxygen atoms in total. The molecule has 12 heteroatoms. The number of halogens is 1. The molecule has 0 atom stereocenters. The summed E-state index contributed by atoms with van der Waals surface area (Å²) in [5, 5.41) is 0. The number of anilines is 1. The van der Waals surface area contributed by atoms with E-state index in [-0.39, 0.29) is 25.0 Å². The minimum Gasteiger partial charge on any atom is -0.465 e. The van der Waals surface area contributed by atoms with Crippen LogP contribution >= 0.6 is 0 Å². The van der Waals surface area contributed by atoms with E-state index in [0.29, 0.717) is 35.2 Å². The molecule has 1 saturated carbocycles. The van der Waals surface area contributed by atoms with Crippen molar-refractivity contribution in [2.75, 3.05) is 25.6 Å². The summed E-state index contributed by atoms with van der Waals surface area (Å²) >= 11 is 0. The van der Waals surface area contributed by atoms with Crippen molar-refractivity contribution in [3.05, 3.63) is 48.2 Å². The van der Waals surface area contributed by atoms with Gasteiger partial charge in [0.25, 0.3) is 5.91 Å². The van der Waals surface area contributed by atoms with Gasteiger partial charge < -0.3 is 30.7 Å². The van der Waals surface area contributed by atoms with E-state index < -0.39 is 28.9 Å².